The lowest BCUT2D eigenvalue weighted by Crippen LogP contribution is -2.33. The molecule has 2 rings (SSSR count). The minimum absolute atomic E-state index is 0. The molecule has 2 aromatic carbocycles. The van der Waals surface area contributed by atoms with Crippen molar-refractivity contribution >= 4 is 22.4 Å². The van der Waals surface area contributed by atoms with Crippen LogP contribution in [-0.2, 0) is 16.6 Å². The van der Waals surface area contributed by atoms with Crippen LogP contribution in [0.3, 0.4) is 0 Å². The molecule has 0 aliphatic heterocycles. The highest BCUT2D eigenvalue weighted by Crippen LogP contribution is 2.29. The van der Waals surface area contributed by atoms with Gasteiger partial charge in [-0.15, -0.1) is 12.4 Å². The zero-order chi connectivity index (χ0) is 18.3. The summed E-state index contributed by atoms with van der Waals surface area (Å²) in [5, 5.41) is 0. The maximum atomic E-state index is 13.0. The van der Waals surface area contributed by atoms with Gasteiger partial charge in [0.05, 0.1) is 0 Å². The molecule has 0 radical (unpaired) electrons. The summed E-state index contributed by atoms with van der Waals surface area (Å²) < 4.78 is 56.8. The van der Waals surface area contributed by atoms with Crippen LogP contribution in [0, 0.1) is 0 Å². The summed E-state index contributed by atoms with van der Waals surface area (Å²) in [7, 11) is -4.03. The third kappa shape index (κ3) is 5.91. The Kier molecular flexibility index (Phi) is 8.94. The molecule has 26 heavy (non-hydrogen) atoms. The Morgan fingerprint density at radius 3 is 2.27 bits per heavy atom. The van der Waals surface area contributed by atoms with Gasteiger partial charge in [0.1, 0.15) is 10.6 Å². The molecular formula is C17H21ClF2N2O3S. The molecule has 0 fully saturated rings. The monoisotopic (exact) mass is 406 g/mol. The van der Waals surface area contributed by atoms with E-state index in [1.165, 1.54) is 28.6 Å². The molecule has 0 heterocycles. The topological polar surface area (TPSA) is 72.6 Å². The van der Waals surface area contributed by atoms with Crippen LogP contribution in [0.2, 0.25) is 0 Å². The number of sulfonamides is 1. The summed E-state index contributed by atoms with van der Waals surface area (Å²) in [4.78, 5) is -0.289. The fourth-order valence-corrected chi connectivity index (χ4v) is 3.92. The second kappa shape index (κ2) is 10.4. The zero-order valence-corrected chi connectivity index (χ0v) is 15.6. The molecule has 0 unspecified atom stereocenters. The minimum Gasteiger partial charge on any atom is -0.433 e. The Morgan fingerprint density at radius 2 is 1.65 bits per heavy atom. The van der Waals surface area contributed by atoms with Crippen LogP contribution >= 0.6 is 12.4 Å². The van der Waals surface area contributed by atoms with Crippen molar-refractivity contribution in [1.29, 1.82) is 0 Å². The average Bonchev–Trinajstić information content (AvgIpc) is 2.59. The van der Waals surface area contributed by atoms with E-state index in [1.807, 2.05) is 6.07 Å². The summed E-state index contributed by atoms with van der Waals surface area (Å²) in [5.41, 5.74) is 6.29. The van der Waals surface area contributed by atoms with E-state index in [4.69, 9.17) is 5.73 Å². The summed E-state index contributed by atoms with van der Waals surface area (Å²) in [5.74, 6) is -0.372. The number of hydrogen-bond acceptors (Lipinski definition) is 4. The third-order valence-corrected chi connectivity index (χ3v) is 5.38. The molecule has 9 heteroatoms. The summed E-state index contributed by atoms with van der Waals surface area (Å²) in [6.45, 7) is -2.50. The van der Waals surface area contributed by atoms with Crippen LogP contribution in [0.5, 0.6) is 5.75 Å². The van der Waals surface area contributed by atoms with Crippen molar-refractivity contribution in [2.24, 2.45) is 5.73 Å². The van der Waals surface area contributed by atoms with Gasteiger partial charge in [0.15, 0.2) is 0 Å². The number of halogens is 3. The molecule has 0 aliphatic carbocycles. The van der Waals surface area contributed by atoms with Crippen molar-refractivity contribution in [3.05, 3.63) is 60.2 Å². The first-order valence-corrected chi connectivity index (χ1v) is 9.17. The summed E-state index contributed by atoms with van der Waals surface area (Å²) >= 11 is 0. The second-order valence-electron chi connectivity index (χ2n) is 5.29. The number of benzene rings is 2. The standard InChI is InChI=1S/C17H20F2N2O3S.ClH/c18-17(19)24-15-9-4-5-10-16(15)25(22,23)21(12-6-11-20)13-14-7-2-1-3-8-14;/h1-5,7-10,17H,6,11-13,20H2;1H. The highest BCUT2D eigenvalue weighted by molar-refractivity contribution is 7.89. The molecule has 0 saturated carbocycles. The molecule has 0 amide bonds. The predicted octanol–water partition coefficient (Wildman–Crippen LogP) is 3.25. The number of para-hydroxylation sites is 1. The molecular weight excluding hydrogens is 386 g/mol. The van der Waals surface area contributed by atoms with Gasteiger partial charge in [-0.2, -0.15) is 13.1 Å². The Morgan fingerprint density at radius 1 is 1.04 bits per heavy atom. The first kappa shape index (κ1) is 22.3. The van der Waals surface area contributed by atoms with E-state index in [0.29, 0.717) is 13.0 Å². The first-order valence-electron chi connectivity index (χ1n) is 7.73. The van der Waals surface area contributed by atoms with Crippen LogP contribution < -0.4 is 10.5 Å². The lowest BCUT2D eigenvalue weighted by atomic mass is 10.2. The van der Waals surface area contributed by atoms with Crippen LogP contribution in [0.15, 0.2) is 59.5 Å². The smallest absolute Gasteiger partial charge is 0.387 e. The Balaban J connectivity index is 0.00000338. The molecule has 0 aromatic heterocycles. The first-order chi connectivity index (χ1) is 11.9. The van der Waals surface area contributed by atoms with Crippen LogP contribution in [0.25, 0.3) is 0 Å². The third-order valence-electron chi connectivity index (χ3n) is 3.50. The Hall–Kier alpha value is -1.74. The van der Waals surface area contributed by atoms with E-state index in [1.54, 1.807) is 24.3 Å². The molecule has 2 N–H and O–H groups in total. The Labute approximate surface area is 158 Å². The summed E-state index contributed by atoms with van der Waals surface area (Å²) in [6.07, 6.45) is 0.448. The molecule has 0 atom stereocenters. The molecule has 0 saturated heterocycles. The highest BCUT2D eigenvalue weighted by Gasteiger charge is 2.28. The molecule has 144 valence electrons. The maximum Gasteiger partial charge on any atom is 0.387 e. The fraction of sp³-hybridized carbons (Fsp3) is 0.294. The van der Waals surface area contributed by atoms with E-state index in [-0.39, 0.29) is 36.1 Å². The maximum absolute atomic E-state index is 13.0. The van der Waals surface area contributed by atoms with Crippen molar-refractivity contribution in [2.75, 3.05) is 13.1 Å². The van der Waals surface area contributed by atoms with Gasteiger partial charge >= 0.3 is 6.61 Å². The van der Waals surface area contributed by atoms with Gasteiger partial charge in [0.2, 0.25) is 10.0 Å². The number of rotatable bonds is 9. The molecule has 5 nitrogen and oxygen atoms in total. The second-order valence-corrected chi connectivity index (χ2v) is 7.20. The van der Waals surface area contributed by atoms with Crippen molar-refractivity contribution in [3.63, 3.8) is 0 Å². The van der Waals surface area contributed by atoms with Crippen molar-refractivity contribution in [3.8, 4) is 5.75 Å². The van der Waals surface area contributed by atoms with Gasteiger partial charge in [0.25, 0.3) is 0 Å². The van der Waals surface area contributed by atoms with Crippen LogP contribution in [0.4, 0.5) is 8.78 Å². The zero-order valence-electron chi connectivity index (χ0n) is 13.9. The van der Waals surface area contributed by atoms with Gasteiger partial charge < -0.3 is 10.5 Å². The van der Waals surface area contributed by atoms with Crippen molar-refractivity contribution in [1.82, 2.24) is 4.31 Å². The van der Waals surface area contributed by atoms with Crippen LogP contribution in [0.1, 0.15) is 12.0 Å². The molecule has 2 aromatic rings. The van der Waals surface area contributed by atoms with Crippen molar-refractivity contribution in [2.45, 2.75) is 24.5 Å². The van der Waals surface area contributed by atoms with E-state index >= 15 is 0 Å². The Bertz CT molecular complexity index is 777. The largest absolute Gasteiger partial charge is 0.433 e. The van der Waals surface area contributed by atoms with Gasteiger partial charge in [0, 0.05) is 13.1 Å². The average molecular weight is 407 g/mol. The SMILES string of the molecule is Cl.NCCCN(Cc1ccccc1)S(=O)(=O)c1ccccc1OC(F)F. The van der Waals surface area contributed by atoms with Gasteiger partial charge in [-0.3, -0.25) is 0 Å². The van der Waals surface area contributed by atoms with E-state index in [2.05, 4.69) is 4.74 Å². The number of alkyl halides is 2. The quantitative estimate of drug-likeness (QED) is 0.693. The predicted molar refractivity (Wildman–Crippen MR) is 98.0 cm³/mol. The van der Waals surface area contributed by atoms with Crippen molar-refractivity contribution < 1.29 is 21.9 Å². The van der Waals surface area contributed by atoms with Gasteiger partial charge in [-0.05, 0) is 30.7 Å². The minimum atomic E-state index is -4.03. The molecule has 0 aliphatic rings. The number of nitrogens with zero attached hydrogens (tertiary/aromatic N) is 1. The molecule has 0 spiro atoms. The van der Waals surface area contributed by atoms with Gasteiger partial charge in [-0.25, -0.2) is 8.42 Å². The number of nitrogens with two attached hydrogens (primary N) is 1. The normalized spacial score (nSPS) is 11.4. The van der Waals surface area contributed by atoms with Crippen LogP contribution in [-0.4, -0.2) is 32.4 Å². The molecule has 0 bridgehead atoms. The lowest BCUT2D eigenvalue weighted by Gasteiger charge is -2.23. The highest BCUT2D eigenvalue weighted by atomic mass is 35.5. The van der Waals surface area contributed by atoms with E-state index in [0.717, 1.165) is 5.56 Å². The van der Waals surface area contributed by atoms with E-state index < -0.39 is 16.6 Å². The van der Waals surface area contributed by atoms with E-state index in [9.17, 15) is 17.2 Å². The summed E-state index contributed by atoms with van der Waals surface area (Å²) in [6, 6.07) is 14.4. The van der Waals surface area contributed by atoms with Gasteiger partial charge in [-0.1, -0.05) is 42.5 Å². The fourth-order valence-electron chi connectivity index (χ4n) is 2.33. The lowest BCUT2D eigenvalue weighted by molar-refractivity contribution is -0.0518. The number of hydrogen-bond donors (Lipinski definition) is 1. The number of ether oxygens (including phenoxy) is 1.